The Morgan fingerprint density at radius 1 is 0.903 bits per heavy atom. The van der Waals surface area contributed by atoms with E-state index in [4.69, 9.17) is 4.43 Å². The first kappa shape index (κ1) is 25.0. The minimum Gasteiger partial charge on any atom is -0.410 e. The maximum absolute atomic E-state index is 14.1. The van der Waals surface area contributed by atoms with Gasteiger partial charge >= 0.3 is 0 Å². The predicted molar refractivity (Wildman–Crippen MR) is 131 cm³/mol. The third kappa shape index (κ3) is 5.16. The molecular formula is C24H30Br2F2O2Si. The van der Waals surface area contributed by atoms with Crippen molar-refractivity contribution in [2.45, 2.75) is 76.8 Å². The van der Waals surface area contributed by atoms with Gasteiger partial charge in [0.1, 0.15) is 11.6 Å². The van der Waals surface area contributed by atoms with Crippen molar-refractivity contribution < 1.29 is 18.3 Å². The van der Waals surface area contributed by atoms with Gasteiger partial charge in [-0.05, 0) is 79.2 Å². The van der Waals surface area contributed by atoms with Crippen molar-refractivity contribution in [1.82, 2.24) is 0 Å². The fraction of sp³-hybridized carbons (Fsp3) is 0.500. The number of aliphatic hydroxyl groups excluding tert-OH is 1. The fourth-order valence-corrected chi connectivity index (χ4v) is 6.32. The Morgan fingerprint density at radius 2 is 1.39 bits per heavy atom. The summed E-state index contributed by atoms with van der Waals surface area (Å²) < 4.78 is 35.6. The molecule has 2 atom stereocenters. The van der Waals surface area contributed by atoms with Gasteiger partial charge in [-0.2, -0.15) is 0 Å². The van der Waals surface area contributed by atoms with Gasteiger partial charge in [-0.1, -0.05) is 52.6 Å². The van der Waals surface area contributed by atoms with E-state index in [9.17, 15) is 13.9 Å². The molecule has 2 aliphatic carbocycles. The lowest BCUT2D eigenvalue weighted by Crippen LogP contribution is -2.41. The molecule has 0 saturated heterocycles. The molecule has 2 aliphatic rings. The Labute approximate surface area is 201 Å². The van der Waals surface area contributed by atoms with E-state index in [0.717, 1.165) is 44.9 Å². The van der Waals surface area contributed by atoms with E-state index in [-0.39, 0.29) is 22.8 Å². The highest BCUT2D eigenvalue weighted by atomic mass is 79.9. The molecule has 0 fully saturated rings. The summed E-state index contributed by atoms with van der Waals surface area (Å²) in [5.41, 5.74) is 3.26. The van der Waals surface area contributed by atoms with Crippen LogP contribution >= 0.6 is 31.9 Å². The molecule has 31 heavy (non-hydrogen) atoms. The quantitative estimate of drug-likeness (QED) is 0.366. The van der Waals surface area contributed by atoms with E-state index in [2.05, 4.69) is 65.7 Å². The Bertz CT molecular complexity index is 973. The average molecular weight is 576 g/mol. The van der Waals surface area contributed by atoms with E-state index in [1.807, 2.05) is 0 Å². The molecule has 2 aromatic carbocycles. The number of hydrogen-bond donors (Lipinski definition) is 1. The summed E-state index contributed by atoms with van der Waals surface area (Å²) in [6.07, 6.45) is 2.49. The van der Waals surface area contributed by atoms with Crippen LogP contribution in [0.3, 0.4) is 0 Å². The van der Waals surface area contributed by atoms with E-state index in [0.29, 0.717) is 12.0 Å². The Hall–Kier alpha value is -0.603. The van der Waals surface area contributed by atoms with Gasteiger partial charge in [0.2, 0.25) is 0 Å². The Morgan fingerprint density at radius 3 is 1.90 bits per heavy atom. The van der Waals surface area contributed by atoms with Gasteiger partial charge in [0.15, 0.2) is 8.32 Å². The standard InChI is InChI=1S/C15H22BrFOSi.C9H8BrFO/c1-15(2,3)19(4,5)18-13-9-6-10-11(16)7-8-12(17)14(10)13;10-6-2-3-7(11)9-5(6)1-4-8(9)12/h7-8,13H,6,9H2,1-5H3;2-3,8,12H,1,4H2/t13-;8-/m00/s1. The second kappa shape index (κ2) is 9.33. The average Bonchev–Trinajstić information content (AvgIpc) is 3.26. The molecule has 0 unspecified atom stereocenters. The number of benzene rings is 2. The SMILES string of the molecule is CC(C)(C)[Si](C)(C)O[C@H]1CCc2c(Br)ccc(F)c21.O[C@H]1CCc2c(Br)ccc(F)c21. The lowest BCUT2D eigenvalue weighted by Gasteiger charge is -2.38. The van der Waals surface area contributed by atoms with E-state index in [1.165, 1.54) is 12.1 Å². The lowest BCUT2D eigenvalue weighted by atomic mass is 10.1. The van der Waals surface area contributed by atoms with Crippen molar-refractivity contribution in [2.75, 3.05) is 0 Å². The molecule has 0 amide bonds. The summed E-state index contributed by atoms with van der Waals surface area (Å²) in [4.78, 5) is 0. The molecule has 0 bridgehead atoms. The zero-order chi connectivity index (χ0) is 23.1. The van der Waals surface area contributed by atoms with Crippen molar-refractivity contribution in [3.63, 3.8) is 0 Å². The number of halogens is 4. The summed E-state index contributed by atoms with van der Waals surface area (Å²) in [6.45, 7) is 11.1. The summed E-state index contributed by atoms with van der Waals surface area (Å²) in [5, 5.41) is 9.58. The summed E-state index contributed by atoms with van der Waals surface area (Å²) in [6, 6.07) is 6.41. The highest BCUT2D eigenvalue weighted by Gasteiger charge is 2.41. The number of fused-ring (bicyclic) bond motifs is 2. The van der Waals surface area contributed by atoms with Crippen LogP contribution in [0.5, 0.6) is 0 Å². The van der Waals surface area contributed by atoms with Crippen molar-refractivity contribution >= 4 is 40.2 Å². The topological polar surface area (TPSA) is 29.5 Å². The highest BCUT2D eigenvalue weighted by molar-refractivity contribution is 9.10. The van der Waals surface area contributed by atoms with Crippen LogP contribution in [-0.4, -0.2) is 13.4 Å². The molecule has 2 aromatic rings. The molecule has 170 valence electrons. The Balaban J connectivity index is 0.000000194. The molecule has 1 N–H and O–H groups in total. The van der Waals surface area contributed by atoms with Gasteiger partial charge < -0.3 is 9.53 Å². The van der Waals surface area contributed by atoms with Gasteiger partial charge in [0.05, 0.1) is 12.2 Å². The maximum atomic E-state index is 14.1. The first-order chi connectivity index (χ1) is 14.3. The molecule has 2 nitrogen and oxygen atoms in total. The number of aliphatic hydroxyl groups is 1. The molecule has 0 spiro atoms. The lowest BCUT2D eigenvalue weighted by molar-refractivity contribution is 0.176. The second-order valence-electron chi connectivity index (χ2n) is 9.80. The zero-order valence-electron chi connectivity index (χ0n) is 18.7. The second-order valence-corrected chi connectivity index (χ2v) is 16.3. The summed E-state index contributed by atoms with van der Waals surface area (Å²) in [7, 11) is -1.86. The van der Waals surface area contributed by atoms with Gasteiger partial charge in [-0.25, -0.2) is 8.78 Å². The summed E-state index contributed by atoms with van der Waals surface area (Å²) >= 11 is 6.85. The first-order valence-corrected chi connectivity index (χ1v) is 15.1. The normalized spacial score (nSPS) is 20.2. The van der Waals surface area contributed by atoms with Crippen LogP contribution in [0.25, 0.3) is 0 Å². The van der Waals surface area contributed by atoms with Crippen LogP contribution in [0.4, 0.5) is 8.78 Å². The smallest absolute Gasteiger partial charge is 0.192 e. The van der Waals surface area contributed by atoms with Gasteiger partial charge in [0, 0.05) is 20.1 Å². The van der Waals surface area contributed by atoms with Gasteiger partial charge in [-0.15, -0.1) is 0 Å². The molecule has 0 heterocycles. The predicted octanol–water partition coefficient (Wildman–Crippen LogP) is 8.17. The van der Waals surface area contributed by atoms with E-state index in [1.54, 1.807) is 12.1 Å². The highest BCUT2D eigenvalue weighted by Crippen LogP contribution is 2.45. The van der Waals surface area contributed by atoms with E-state index < -0.39 is 14.4 Å². The van der Waals surface area contributed by atoms with Crippen LogP contribution in [0.15, 0.2) is 33.2 Å². The molecule has 4 rings (SSSR count). The fourth-order valence-electron chi connectivity index (χ4n) is 3.93. The Kier molecular flexibility index (Phi) is 7.54. The van der Waals surface area contributed by atoms with Gasteiger partial charge in [-0.3, -0.25) is 0 Å². The molecule has 0 aliphatic heterocycles. The van der Waals surface area contributed by atoms with Crippen LogP contribution < -0.4 is 0 Å². The number of hydrogen-bond acceptors (Lipinski definition) is 2. The third-order valence-corrected chi connectivity index (χ3v) is 12.7. The molecule has 0 radical (unpaired) electrons. The van der Waals surface area contributed by atoms with Crippen LogP contribution in [0.2, 0.25) is 18.1 Å². The zero-order valence-corrected chi connectivity index (χ0v) is 22.8. The first-order valence-electron chi connectivity index (χ1n) is 10.6. The van der Waals surface area contributed by atoms with Gasteiger partial charge in [0.25, 0.3) is 0 Å². The van der Waals surface area contributed by atoms with Crippen molar-refractivity contribution in [2.24, 2.45) is 0 Å². The maximum Gasteiger partial charge on any atom is 0.192 e. The third-order valence-electron chi connectivity index (χ3n) is 6.72. The molecule has 0 saturated carbocycles. The van der Waals surface area contributed by atoms with Crippen LogP contribution in [0, 0.1) is 11.6 Å². The van der Waals surface area contributed by atoms with Crippen LogP contribution in [-0.2, 0) is 17.3 Å². The number of rotatable bonds is 2. The molecule has 7 heteroatoms. The van der Waals surface area contributed by atoms with Crippen molar-refractivity contribution in [3.05, 3.63) is 67.1 Å². The minimum absolute atomic E-state index is 0.0756. The molecule has 0 aromatic heterocycles. The van der Waals surface area contributed by atoms with Crippen LogP contribution in [0.1, 0.15) is 68.1 Å². The van der Waals surface area contributed by atoms with E-state index >= 15 is 0 Å². The minimum atomic E-state index is -1.86. The summed E-state index contributed by atoms with van der Waals surface area (Å²) in [5.74, 6) is -0.419. The monoisotopic (exact) mass is 574 g/mol. The van der Waals surface area contributed by atoms with Crippen molar-refractivity contribution in [3.8, 4) is 0 Å². The van der Waals surface area contributed by atoms with Crippen molar-refractivity contribution in [1.29, 1.82) is 0 Å². The molecular weight excluding hydrogens is 546 g/mol. The largest absolute Gasteiger partial charge is 0.410 e.